The van der Waals surface area contributed by atoms with Crippen molar-refractivity contribution in [1.82, 2.24) is 0 Å². The number of nitrogens with two attached hydrogens (primary N) is 1. The molecule has 0 amide bonds. The summed E-state index contributed by atoms with van der Waals surface area (Å²) in [4.78, 5) is 12.3. The van der Waals surface area contributed by atoms with Gasteiger partial charge in [0, 0.05) is 11.6 Å². The van der Waals surface area contributed by atoms with Crippen LogP contribution in [0, 0.1) is 17.1 Å². The third-order valence-corrected chi connectivity index (χ3v) is 4.82. The average Bonchev–Trinajstić information content (AvgIpc) is 2.74. The van der Waals surface area contributed by atoms with Crippen LogP contribution in [0.25, 0.3) is 0 Å². The first kappa shape index (κ1) is 19.2. The van der Waals surface area contributed by atoms with Gasteiger partial charge in [-0.25, -0.2) is 4.39 Å². The Morgan fingerprint density at radius 3 is 2.53 bits per heavy atom. The molecule has 5 nitrogen and oxygen atoms in total. The van der Waals surface area contributed by atoms with Crippen molar-refractivity contribution in [2.45, 2.75) is 12.3 Å². The minimum atomic E-state index is -0.506. The van der Waals surface area contributed by atoms with Crippen LogP contribution in [0.2, 0.25) is 0 Å². The van der Waals surface area contributed by atoms with Gasteiger partial charge in [-0.05, 0) is 29.3 Å². The molecule has 4 rings (SSSR count). The van der Waals surface area contributed by atoms with Crippen molar-refractivity contribution < 1.29 is 18.7 Å². The van der Waals surface area contributed by atoms with E-state index in [1.165, 1.54) is 12.1 Å². The second-order valence-electron chi connectivity index (χ2n) is 6.81. The van der Waals surface area contributed by atoms with Gasteiger partial charge in [-0.15, -0.1) is 0 Å². The highest BCUT2D eigenvalue weighted by Gasteiger charge is 2.31. The van der Waals surface area contributed by atoms with Gasteiger partial charge >= 0.3 is 5.97 Å². The zero-order chi connectivity index (χ0) is 21.1. The number of ether oxygens (including phenoxy) is 2. The van der Waals surface area contributed by atoms with Crippen LogP contribution in [0.15, 0.2) is 84.3 Å². The molecule has 0 radical (unpaired) electrons. The van der Waals surface area contributed by atoms with Crippen molar-refractivity contribution in [1.29, 1.82) is 5.26 Å². The molecule has 1 unspecified atom stereocenters. The Hall–Kier alpha value is -4.11. The number of benzene rings is 3. The zero-order valence-electron chi connectivity index (χ0n) is 15.8. The molecule has 148 valence electrons. The van der Waals surface area contributed by atoms with Crippen LogP contribution >= 0.6 is 0 Å². The molecule has 1 aliphatic rings. The van der Waals surface area contributed by atoms with Crippen molar-refractivity contribution >= 4 is 5.97 Å². The number of fused-ring (bicyclic) bond motifs is 1. The van der Waals surface area contributed by atoms with Crippen LogP contribution in [0.1, 0.15) is 22.6 Å². The number of hydrogen-bond donors (Lipinski definition) is 1. The van der Waals surface area contributed by atoms with Crippen molar-refractivity contribution in [3.8, 4) is 17.6 Å². The SMILES string of the molecule is N#CC1=C(N)Oc2cc(OC(=O)Cc3ccccc3)ccc2C1c1ccc(F)cc1. The number of nitriles is 1. The molecule has 0 aliphatic carbocycles. The highest BCUT2D eigenvalue weighted by molar-refractivity contribution is 5.75. The largest absolute Gasteiger partial charge is 0.440 e. The topological polar surface area (TPSA) is 85.3 Å². The molecule has 0 saturated heterocycles. The number of allylic oxidation sites excluding steroid dienone is 1. The predicted octanol–water partition coefficient (Wildman–Crippen LogP) is 4.19. The van der Waals surface area contributed by atoms with Gasteiger partial charge in [0.05, 0.1) is 12.3 Å². The number of hydrogen-bond acceptors (Lipinski definition) is 5. The summed E-state index contributed by atoms with van der Waals surface area (Å²) in [6, 6.07) is 22.1. The first-order valence-electron chi connectivity index (χ1n) is 9.27. The summed E-state index contributed by atoms with van der Waals surface area (Å²) in [5.74, 6) is -0.637. The summed E-state index contributed by atoms with van der Waals surface area (Å²) in [5.41, 5.74) is 8.43. The number of esters is 1. The molecule has 0 aromatic heterocycles. The van der Waals surface area contributed by atoms with E-state index in [-0.39, 0.29) is 23.7 Å². The molecular weight excluding hydrogens is 383 g/mol. The Morgan fingerprint density at radius 1 is 1.10 bits per heavy atom. The number of carbonyl (C=O) groups is 1. The Bertz CT molecular complexity index is 1170. The van der Waals surface area contributed by atoms with Crippen LogP contribution in [0.4, 0.5) is 4.39 Å². The maximum absolute atomic E-state index is 13.4. The minimum Gasteiger partial charge on any atom is -0.440 e. The van der Waals surface area contributed by atoms with E-state index in [1.54, 1.807) is 30.3 Å². The lowest BCUT2D eigenvalue weighted by Gasteiger charge is -2.26. The number of halogens is 1. The van der Waals surface area contributed by atoms with E-state index in [0.717, 1.165) is 5.56 Å². The van der Waals surface area contributed by atoms with Crippen LogP contribution in [-0.2, 0) is 11.2 Å². The van der Waals surface area contributed by atoms with Crippen LogP contribution in [0.5, 0.6) is 11.5 Å². The molecule has 0 spiro atoms. The predicted molar refractivity (Wildman–Crippen MR) is 108 cm³/mol. The molecule has 2 N–H and O–H groups in total. The lowest BCUT2D eigenvalue weighted by molar-refractivity contribution is -0.133. The highest BCUT2D eigenvalue weighted by Crippen LogP contribution is 2.43. The first-order valence-corrected chi connectivity index (χ1v) is 9.27. The fourth-order valence-corrected chi connectivity index (χ4v) is 3.43. The summed E-state index contributed by atoms with van der Waals surface area (Å²) < 4.78 is 24.4. The lowest BCUT2D eigenvalue weighted by Crippen LogP contribution is -2.21. The van der Waals surface area contributed by atoms with E-state index in [1.807, 2.05) is 30.3 Å². The fraction of sp³-hybridized carbons (Fsp3) is 0.0833. The smallest absolute Gasteiger partial charge is 0.315 e. The Labute approximate surface area is 172 Å². The third-order valence-electron chi connectivity index (χ3n) is 4.82. The Balaban J connectivity index is 1.63. The molecule has 1 heterocycles. The van der Waals surface area contributed by atoms with Gasteiger partial charge in [0.25, 0.3) is 0 Å². The summed E-state index contributed by atoms with van der Waals surface area (Å²) in [5, 5.41) is 9.58. The van der Waals surface area contributed by atoms with E-state index in [4.69, 9.17) is 15.2 Å². The normalized spacial score (nSPS) is 15.0. The zero-order valence-corrected chi connectivity index (χ0v) is 15.8. The molecule has 0 fully saturated rings. The number of rotatable bonds is 4. The van der Waals surface area contributed by atoms with E-state index in [9.17, 15) is 14.4 Å². The van der Waals surface area contributed by atoms with E-state index >= 15 is 0 Å². The summed E-state index contributed by atoms with van der Waals surface area (Å²) in [6.07, 6.45) is 0.137. The van der Waals surface area contributed by atoms with Crippen molar-refractivity contribution in [3.05, 3.63) is 107 Å². The van der Waals surface area contributed by atoms with Crippen LogP contribution in [-0.4, -0.2) is 5.97 Å². The van der Waals surface area contributed by atoms with Gasteiger partial charge in [-0.2, -0.15) is 5.26 Å². The lowest BCUT2D eigenvalue weighted by atomic mass is 9.83. The second-order valence-corrected chi connectivity index (χ2v) is 6.81. The van der Waals surface area contributed by atoms with Crippen molar-refractivity contribution in [2.24, 2.45) is 5.73 Å². The molecule has 0 bridgehead atoms. The molecule has 3 aromatic rings. The van der Waals surface area contributed by atoms with Crippen LogP contribution < -0.4 is 15.2 Å². The van der Waals surface area contributed by atoms with Gasteiger partial charge in [-0.1, -0.05) is 48.5 Å². The Kier molecular flexibility index (Phi) is 5.19. The highest BCUT2D eigenvalue weighted by atomic mass is 19.1. The van der Waals surface area contributed by atoms with Crippen LogP contribution in [0.3, 0.4) is 0 Å². The third kappa shape index (κ3) is 3.87. The molecule has 0 saturated carbocycles. The van der Waals surface area contributed by atoms with Gasteiger partial charge < -0.3 is 15.2 Å². The first-order chi connectivity index (χ1) is 14.5. The molecule has 6 heteroatoms. The van der Waals surface area contributed by atoms with Gasteiger partial charge in [0.1, 0.15) is 29.0 Å². The molecule has 1 atom stereocenters. The maximum Gasteiger partial charge on any atom is 0.315 e. The van der Waals surface area contributed by atoms with Gasteiger partial charge in [-0.3, -0.25) is 4.79 Å². The molecular formula is C24H17FN2O3. The average molecular weight is 400 g/mol. The van der Waals surface area contributed by atoms with E-state index < -0.39 is 11.9 Å². The molecule has 30 heavy (non-hydrogen) atoms. The van der Waals surface area contributed by atoms with Gasteiger partial charge in [0.2, 0.25) is 5.88 Å². The van der Waals surface area contributed by atoms with Crippen molar-refractivity contribution in [2.75, 3.05) is 0 Å². The quantitative estimate of drug-likeness (QED) is 0.524. The number of carbonyl (C=O) groups excluding carboxylic acids is 1. The standard InChI is InChI=1S/C24H17FN2O3/c25-17-8-6-16(7-9-17)23-19-11-10-18(13-21(19)30-24(27)20(23)14-26)29-22(28)12-15-4-2-1-3-5-15/h1-11,13,23H,12,27H2. The van der Waals surface area contributed by atoms with Gasteiger partial charge in [0.15, 0.2) is 0 Å². The monoisotopic (exact) mass is 400 g/mol. The molecule has 3 aromatic carbocycles. The summed E-state index contributed by atoms with van der Waals surface area (Å²) in [6.45, 7) is 0. The van der Waals surface area contributed by atoms with E-state index in [0.29, 0.717) is 22.6 Å². The van der Waals surface area contributed by atoms with E-state index in [2.05, 4.69) is 6.07 Å². The summed E-state index contributed by atoms with van der Waals surface area (Å²) >= 11 is 0. The van der Waals surface area contributed by atoms with Crippen molar-refractivity contribution in [3.63, 3.8) is 0 Å². The minimum absolute atomic E-state index is 0.0351. The number of nitrogens with zero attached hydrogens (tertiary/aromatic N) is 1. The molecule has 1 aliphatic heterocycles. The maximum atomic E-state index is 13.4. The summed E-state index contributed by atoms with van der Waals surface area (Å²) in [7, 11) is 0. The Morgan fingerprint density at radius 2 is 1.83 bits per heavy atom. The fourth-order valence-electron chi connectivity index (χ4n) is 3.43. The second kappa shape index (κ2) is 8.10.